The molecule has 16 heavy (non-hydrogen) atoms. The van der Waals surface area contributed by atoms with Gasteiger partial charge in [0.1, 0.15) is 0 Å². The smallest absolute Gasteiger partial charge is 0.305 e. The molecule has 0 saturated heterocycles. The third-order valence-corrected chi connectivity index (χ3v) is 2.64. The van der Waals surface area contributed by atoms with Gasteiger partial charge >= 0.3 is 5.97 Å². The van der Waals surface area contributed by atoms with Crippen LogP contribution in [0.4, 0.5) is 0 Å². The molecule has 0 saturated carbocycles. The van der Waals surface area contributed by atoms with Crippen LogP contribution in [0.2, 0.25) is 0 Å². The molecule has 0 amide bonds. The maximum atomic E-state index is 10.9. The molecule has 1 unspecified atom stereocenters. The van der Waals surface area contributed by atoms with Crippen molar-refractivity contribution in [2.45, 2.75) is 39.2 Å². The molecule has 0 spiro atoms. The highest BCUT2D eigenvalue weighted by atomic mass is 16.5. The predicted octanol–water partition coefficient (Wildman–Crippen LogP) is 2.25. The zero-order valence-electron chi connectivity index (χ0n) is 10.1. The standard InChI is InChI=1S/C12H20N2O2/c1-11(9-14-8-7-13-10-14)5-3-4-6-12(15)16-2/h7-8,10-11H,3-6,9H2,1-2H3. The summed E-state index contributed by atoms with van der Waals surface area (Å²) in [5.74, 6) is 0.508. The van der Waals surface area contributed by atoms with E-state index in [9.17, 15) is 4.79 Å². The van der Waals surface area contributed by atoms with E-state index >= 15 is 0 Å². The predicted molar refractivity (Wildman–Crippen MR) is 61.9 cm³/mol. The number of carbonyl (C=O) groups is 1. The van der Waals surface area contributed by atoms with Crippen molar-refractivity contribution in [1.29, 1.82) is 0 Å². The summed E-state index contributed by atoms with van der Waals surface area (Å²) in [7, 11) is 1.43. The lowest BCUT2D eigenvalue weighted by Crippen LogP contribution is -2.06. The topological polar surface area (TPSA) is 44.1 Å². The lowest BCUT2D eigenvalue weighted by Gasteiger charge is -2.11. The quantitative estimate of drug-likeness (QED) is 0.527. The molecule has 1 aromatic rings. The van der Waals surface area contributed by atoms with Crippen molar-refractivity contribution in [3.63, 3.8) is 0 Å². The van der Waals surface area contributed by atoms with Gasteiger partial charge in [0.15, 0.2) is 0 Å². The summed E-state index contributed by atoms with van der Waals surface area (Å²) in [6, 6.07) is 0. The Hall–Kier alpha value is -1.32. The average molecular weight is 224 g/mol. The molecule has 1 aromatic heterocycles. The van der Waals surface area contributed by atoms with Gasteiger partial charge in [0.05, 0.1) is 13.4 Å². The van der Waals surface area contributed by atoms with Crippen molar-refractivity contribution in [2.75, 3.05) is 7.11 Å². The van der Waals surface area contributed by atoms with Crippen molar-refractivity contribution >= 4 is 5.97 Å². The number of aromatic nitrogens is 2. The van der Waals surface area contributed by atoms with Crippen molar-refractivity contribution in [1.82, 2.24) is 9.55 Å². The maximum absolute atomic E-state index is 10.9. The number of imidazole rings is 1. The van der Waals surface area contributed by atoms with E-state index in [1.165, 1.54) is 7.11 Å². The van der Waals surface area contributed by atoms with Crippen molar-refractivity contribution in [3.05, 3.63) is 18.7 Å². The molecule has 0 bridgehead atoms. The fraction of sp³-hybridized carbons (Fsp3) is 0.667. The summed E-state index contributed by atoms with van der Waals surface area (Å²) < 4.78 is 6.68. The number of ether oxygens (including phenoxy) is 1. The second kappa shape index (κ2) is 7.04. The van der Waals surface area contributed by atoms with Gasteiger partial charge in [-0.1, -0.05) is 13.3 Å². The summed E-state index contributed by atoms with van der Waals surface area (Å²) in [5.41, 5.74) is 0. The van der Waals surface area contributed by atoms with Crippen LogP contribution in [-0.2, 0) is 16.1 Å². The molecular formula is C12H20N2O2. The molecule has 1 atom stereocenters. The third-order valence-electron chi connectivity index (χ3n) is 2.64. The van der Waals surface area contributed by atoms with Gasteiger partial charge in [-0.05, 0) is 18.8 Å². The van der Waals surface area contributed by atoms with E-state index in [-0.39, 0.29) is 5.97 Å². The Morgan fingerprint density at radius 1 is 1.50 bits per heavy atom. The molecule has 0 fully saturated rings. The Balaban J connectivity index is 2.06. The summed E-state index contributed by atoms with van der Waals surface area (Å²) in [6.07, 6.45) is 9.27. The number of esters is 1. The van der Waals surface area contributed by atoms with Gasteiger partial charge in [-0.15, -0.1) is 0 Å². The Bertz CT molecular complexity index is 296. The molecule has 90 valence electrons. The van der Waals surface area contributed by atoms with Crippen LogP contribution in [-0.4, -0.2) is 22.6 Å². The molecule has 0 N–H and O–H groups in total. The minimum Gasteiger partial charge on any atom is -0.469 e. The maximum Gasteiger partial charge on any atom is 0.305 e. The highest BCUT2D eigenvalue weighted by Gasteiger charge is 2.04. The second-order valence-electron chi connectivity index (χ2n) is 4.19. The van der Waals surface area contributed by atoms with E-state index < -0.39 is 0 Å². The molecular weight excluding hydrogens is 204 g/mol. The van der Waals surface area contributed by atoms with Crippen LogP contribution < -0.4 is 0 Å². The first-order valence-electron chi connectivity index (χ1n) is 5.75. The van der Waals surface area contributed by atoms with Crippen molar-refractivity contribution < 1.29 is 9.53 Å². The van der Waals surface area contributed by atoms with Crippen LogP contribution in [0.3, 0.4) is 0 Å². The van der Waals surface area contributed by atoms with E-state index in [0.29, 0.717) is 12.3 Å². The van der Waals surface area contributed by atoms with Crippen molar-refractivity contribution in [3.8, 4) is 0 Å². The van der Waals surface area contributed by atoms with Gasteiger partial charge < -0.3 is 9.30 Å². The lowest BCUT2D eigenvalue weighted by molar-refractivity contribution is -0.140. The van der Waals surface area contributed by atoms with E-state index in [1.54, 1.807) is 6.20 Å². The summed E-state index contributed by atoms with van der Waals surface area (Å²) in [4.78, 5) is 14.9. The van der Waals surface area contributed by atoms with Gasteiger partial charge in [-0.25, -0.2) is 4.98 Å². The molecule has 0 radical (unpaired) electrons. The van der Waals surface area contributed by atoms with Gasteiger partial charge in [0.2, 0.25) is 0 Å². The Kier molecular flexibility index (Phi) is 5.61. The molecule has 1 heterocycles. The first-order valence-corrected chi connectivity index (χ1v) is 5.75. The minimum absolute atomic E-state index is 0.109. The van der Waals surface area contributed by atoms with Crippen LogP contribution in [0.1, 0.15) is 32.6 Å². The van der Waals surface area contributed by atoms with E-state index in [2.05, 4.69) is 21.2 Å². The van der Waals surface area contributed by atoms with E-state index in [1.807, 2.05) is 12.5 Å². The fourth-order valence-corrected chi connectivity index (χ4v) is 1.71. The highest BCUT2D eigenvalue weighted by molar-refractivity contribution is 5.68. The Labute approximate surface area is 96.6 Å². The van der Waals surface area contributed by atoms with Gasteiger partial charge in [0.25, 0.3) is 0 Å². The van der Waals surface area contributed by atoms with Crippen LogP contribution in [0.5, 0.6) is 0 Å². The highest BCUT2D eigenvalue weighted by Crippen LogP contribution is 2.11. The number of methoxy groups -OCH3 is 1. The summed E-state index contributed by atoms with van der Waals surface area (Å²) >= 11 is 0. The molecule has 1 rings (SSSR count). The molecule has 4 nitrogen and oxygen atoms in total. The van der Waals surface area contributed by atoms with Crippen LogP contribution in [0.25, 0.3) is 0 Å². The van der Waals surface area contributed by atoms with Crippen molar-refractivity contribution in [2.24, 2.45) is 5.92 Å². The van der Waals surface area contributed by atoms with Gasteiger partial charge in [-0.3, -0.25) is 4.79 Å². The zero-order chi connectivity index (χ0) is 11.8. The van der Waals surface area contributed by atoms with Gasteiger partial charge in [-0.2, -0.15) is 0 Å². The number of nitrogens with zero attached hydrogens (tertiary/aromatic N) is 2. The first kappa shape index (κ1) is 12.7. The lowest BCUT2D eigenvalue weighted by atomic mass is 10.0. The monoisotopic (exact) mass is 224 g/mol. The number of carbonyl (C=O) groups excluding carboxylic acids is 1. The van der Waals surface area contributed by atoms with Crippen LogP contribution in [0, 0.1) is 5.92 Å². The summed E-state index contributed by atoms with van der Waals surface area (Å²) in [6.45, 7) is 3.22. The second-order valence-corrected chi connectivity index (χ2v) is 4.19. The number of hydrogen-bond acceptors (Lipinski definition) is 3. The average Bonchev–Trinajstić information content (AvgIpc) is 2.76. The summed E-state index contributed by atoms with van der Waals surface area (Å²) in [5, 5.41) is 0. The molecule has 0 aromatic carbocycles. The van der Waals surface area contributed by atoms with E-state index in [0.717, 1.165) is 25.8 Å². The Morgan fingerprint density at radius 2 is 2.31 bits per heavy atom. The first-order chi connectivity index (χ1) is 7.72. The molecule has 0 aliphatic carbocycles. The Morgan fingerprint density at radius 3 is 2.94 bits per heavy atom. The number of unbranched alkanes of at least 4 members (excludes halogenated alkanes) is 1. The largest absolute Gasteiger partial charge is 0.469 e. The minimum atomic E-state index is -0.109. The number of rotatable bonds is 7. The fourth-order valence-electron chi connectivity index (χ4n) is 1.71. The molecule has 0 aliphatic rings. The normalized spacial score (nSPS) is 12.4. The molecule has 4 heteroatoms. The van der Waals surface area contributed by atoms with Gasteiger partial charge in [0, 0.05) is 25.4 Å². The van der Waals surface area contributed by atoms with E-state index in [4.69, 9.17) is 0 Å². The third kappa shape index (κ3) is 4.96. The SMILES string of the molecule is COC(=O)CCCCC(C)Cn1ccnc1. The van der Waals surface area contributed by atoms with Crippen LogP contribution in [0.15, 0.2) is 18.7 Å². The van der Waals surface area contributed by atoms with Crippen LogP contribution >= 0.6 is 0 Å². The number of hydrogen-bond donors (Lipinski definition) is 0. The molecule has 0 aliphatic heterocycles. The zero-order valence-corrected chi connectivity index (χ0v) is 10.1.